The predicted molar refractivity (Wildman–Crippen MR) is 60.5 cm³/mol. The van der Waals surface area contributed by atoms with E-state index in [0.29, 0.717) is 6.61 Å². The lowest BCUT2D eigenvalue weighted by atomic mass is 10.2. The molecular weight excluding hydrogens is 190 g/mol. The fourth-order valence-electron chi connectivity index (χ4n) is 0.997. The lowest BCUT2D eigenvalue weighted by molar-refractivity contribution is 0.129. The second-order valence-corrected chi connectivity index (χ2v) is 3.28. The van der Waals surface area contributed by atoms with Crippen LogP contribution in [0.3, 0.4) is 0 Å². The summed E-state index contributed by atoms with van der Waals surface area (Å²) < 4.78 is 4.93. The molecule has 3 nitrogen and oxygen atoms in total. The summed E-state index contributed by atoms with van der Waals surface area (Å²) >= 11 is 0. The van der Waals surface area contributed by atoms with Gasteiger partial charge in [-0.15, -0.1) is 0 Å². The first-order valence-electron chi connectivity index (χ1n) is 4.76. The SMILES string of the molecule is CN(C)C(=O)OC/C=C/c1ccccc1. The molecule has 0 aliphatic heterocycles. The van der Waals surface area contributed by atoms with Gasteiger partial charge in [-0.1, -0.05) is 36.4 Å². The Hall–Kier alpha value is -1.77. The first-order chi connectivity index (χ1) is 7.20. The van der Waals surface area contributed by atoms with Crippen molar-refractivity contribution in [2.75, 3.05) is 20.7 Å². The van der Waals surface area contributed by atoms with Crippen LogP contribution in [0.15, 0.2) is 36.4 Å². The minimum absolute atomic E-state index is 0.298. The highest BCUT2D eigenvalue weighted by molar-refractivity contribution is 5.67. The van der Waals surface area contributed by atoms with E-state index in [-0.39, 0.29) is 6.09 Å². The number of carbonyl (C=O) groups excluding carboxylic acids is 1. The minimum Gasteiger partial charge on any atom is -0.445 e. The van der Waals surface area contributed by atoms with Crippen LogP contribution < -0.4 is 0 Å². The van der Waals surface area contributed by atoms with Gasteiger partial charge in [-0.3, -0.25) is 0 Å². The van der Waals surface area contributed by atoms with Crippen LogP contribution in [0, 0.1) is 0 Å². The zero-order valence-corrected chi connectivity index (χ0v) is 9.01. The maximum atomic E-state index is 11.0. The number of carbonyl (C=O) groups is 1. The Labute approximate surface area is 90.0 Å². The van der Waals surface area contributed by atoms with Crippen molar-refractivity contribution in [1.82, 2.24) is 4.90 Å². The Bertz CT molecular complexity index is 331. The maximum Gasteiger partial charge on any atom is 0.409 e. The molecule has 0 heterocycles. The summed E-state index contributed by atoms with van der Waals surface area (Å²) in [5, 5.41) is 0. The average Bonchev–Trinajstić information content (AvgIpc) is 2.25. The van der Waals surface area contributed by atoms with E-state index < -0.39 is 0 Å². The van der Waals surface area contributed by atoms with Crippen LogP contribution in [0.2, 0.25) is 0 Å². The normalized spacial score (nSPS) is 10.3. The molecular formula is C12H15NO2. The van der Waals surface area contributed by atoms with Gasteiger partial charge in [0.25, 0.3) is 0 Å². The largest absolute Gasteiger partial charge is 0.445 e. The third-order valence-corrected chi connectivity index (χ3v) is 1.78. The highest BCUT2D eigenvalue weighted by Crippen LogP contribution is 2.00. The van der Waals surface area contributed by atoms with Gasteiger partial charge in [0.1, 0.15) is 6.61 Å². The molecule has 15 heavy (non-hydrogen) atoms. The lowest BCUT2D eigenvalue weighted by Gasteiger charge is -2.08. The van der Waals surface area contributed by atoms with E-state index >= 15 is 0 Å². The molecule has 0 aliphatic carbocycles. The molecule has 0 spiro atoms. The van der Waals surface area contributed by atoms with Gasteiger partial charge in [-0.2, -0.15) is 0 Å². The number of amides is 1. The summed E-state index contributed by atoms with van der Waals surface area (Å²) in [6.45, 7) is 0.298. The predicted octanol–water partition coefficient (Wildman–Crippen LogP) is 2.40. The van der Waals surface area contributed by atoms with Crippen LogP contribution in [-0.2, 0) is 4.74 Å². The molecule has 1 aromatic rings. The van der Waals surface area contributed by atoms with E-state index in [1.807, 2.05) is 42.5 Å². The quantitative estimate of drug-likeness (QED) is 0.758. The third-order valence-electron chi connectivity index (χ3n) is 1.78. The molecule has 0 fully saturated rings. The second-order valence-electron chi connectivity index (χ2n) is 3.28. The topological polar surface area (TPSA) is 29.5 Å². The standard InChI is InChI=1S/C12H15NO2/c1-13(2)12(14)15-10-6-9-11-7-4-3-5-8-11/h3-9H,10H2,1-2H3/b9-6+. The number of rotatable bonds is 3. The average molecular weight is 205 g/mol. The second kappa shape index (κ2) is 5.86. The summed E-state index contributed by atoms with van der Waals surface area (Å²) in [6, 6.07) is 9.87. The monoisotopic (exact) mass is 205 g/mol. The van der Waals surface area contributed by atoms with Crippen molar-refractivity contribution in [2.24, 2.45) is 0 Å². The highest BCUT2D eigenvalue weighted by Gasteiger charge is 2.01. The number of nitrogens with zero attached hydrogens (tertiary/aromatic N) is 1. The number of benzene rings is 1. The molecule has 80 valence electrons. The van der Waals surface area contributed by atoms with Crippen molar-refractivity contribution in [2.45, 2.75) is 0 Å². The van der Waals surface area contributed by atoms with Crippen molar-refractivity contribution in [3.63, 3.8) is 0 Å². The van der Waals surface area contributed by atoms with Gasteiger partial charge < -0.3 is 9.64 Å². The van der Waals surface area contributed by atoms with E-state index in [9.17, 15) is 4.79 Å². The van der Waals surface area contributed by atoms with Crippen molar-refractivity contribution in [3.8, 4) is 0 Å². The molecule has 1 aromatic carbocycles. The van der Waals surface area contributed by atoms with Gasteiger partial charge in [0.2, 0.25) is 0 Å². The van der Waals surface area contributed by atoms with Gasteiger partial charge in [-0.05, 0) is 11.6 Å². The summed E-state index contributed by atoms with van der Waals surface area (Å²) in [6.07, 6.45) is 3.41. The summed E-state index contributed by atoms with van der Waals surface area (Å²) in [7, 11) is 3.31. The van der Waals surface area contributed by atoms with Gasteiger partial charge in [0.05, 0.1) is 0 Å². The third kappa shape index (κ3) is 4.31. The molecule has 0 radical (unpaired) electrons. The van der Waals surface area contributed by atoms with Crippen molar-refractivity contribution >= 4 is 12.2 Å². The molecule has 0 atom stereocenters. The van der Waals surface area contributed by atoms with E-state index in [1.165, 1.54) is 4.90 Å². The van der Waals surface area contributed by atoms with Gasteiger partial charge in [0.15, 0.2) is 0 Å². The Morgan fingerprint density at radius 2 is 2.00 bits per heavy atom. The molecule has 0 bridgehead atoms. The first kappa shape index (κ1) is 11.3. The van der Waals surface area contributed by atoms with Crippen LogP contribution in [0.1, 0.15) is 5.56 Å². The molecule has 0 saturated heterocycles. The fourth-order valence-corrected chi connectivity index (χ4v) is 0.997. The zero-order chi connectivity index (χ0) is 11.1. The Balaban J connectivity index is 2.32. The van der Waals surface area contributed by atoms with Crippen LogP contribution in [0.4, 0.5) is 4.79 Å². The molecule has 0 unspecified atom stereocenters. The number of hydrogen-bond acceptors (Lipinski definition) is 2. The summed E-state index contributed by atoms with van der Waals surface area (Å²) in [4.78, 5) is 12.4. The fraction of sp³-hybridized carbons (Fsp3) is 0.250. The molecule has 0 saturated carbocycles. The Morgan fingerprint density at radius 3 is 2.60 bits per heavy atom. The minimum atomic E-state index is -0.326. The first-order valence-corrected chi connectivity index (χ1v) is 4.76. The van der Waals surface area contributed by atoms with Gasteiger partial charge in [0, 0.05) is 14.1 Å². The summed E-state index contributed by atoms with van der Waals surface area (Å²) in [5.41, 5.74) is 1.10. The van der Waals surface area contributed by atoms with Gasteiger partial charge >= 0.3 is 6.09 Å². The maximum absolute atomic E-state index is 11.0. The molecule has 0 aromatic heterocycles. The number of ether oxygens (including phenoxy) is 1. The molecule has 1 rings (SSSR count). The lowest BCUT2D eigenvalue weighted by Crippen LogP contribution is -2.22. The smallest absolute Gasteiger partial charge is 0.409 e. The van der Waals surface area contributed by atoms with Crippen LogP contribution >= 0.6 is 0 Å². The van der Waals surface area contributed by atoms with E-state index in [4.69, 9.17) is 4.74 Å². The number of hydrogen-bond donors (Lipinski definition) is 0. The molecule has 3 heteroatoms. The molecule has 0 aliphatic rings. The van der Waals surface area contributed by atoms with E-state index in [2.05, 4.69) is 0 Å². The zero-order valence-electron chi connectivity index (χ0n) is 9.01. The Kier molecular flexibility index (Phi) is 4.41. The molecule has 0 N–H and O–H groups in total. The van der Waals surface area contributed by atoms with Crippen molar-refractivity contribution in [3.05, 3.63) is 42.0 Å². The van der Waals surface area contributed by atoms with Crippen molar-refractivity contribution < 1.29 is 9.53 Å². The summed E-state index contributed by atoms with van der Waals surface area (Å²) in [5.74, 6) is 0. The van der Waals surface area contributed by atoms with Crippen LogP contribution in [0.25, 0.3) is 6.08 Å². The van der Waals surface area contributed by atoms with Crippen LogP contribution in [-0.4, -0.2) is 31.7 Å². The highest BCUT2D eigenvalue weighted by atomic mass is 16.5. The van der Waals surface area contributed by atoms with E-state index in [0.717, 1.165) is 5.56 Å². The van der Waals surface area contributed by atoms with Gasteiger partial charge in [-0.25, -0.2) is 4.79 Å². The van der Waals surface area contributed by atoms with Crippen molar-refractivity contribution in [1.29, 1.82) is 0 Å². The van der Waals surface area contributed by atoms with Crippen LogP contribution in [0.5, 0.6) is 0 Å². The molecule has 1 amide bonds. The van der Waals surface area contributed by atoms with E-state index in [1.54, 1.807) is 14.1 Å². The Morgan fingerprint density at radius 1 is 1.33 bits per heavy atom.